The normalized spacial score (nSPS) is 12.0. The van der Waals surface area contributed by atoms with E-state index in [1.165, 1.54) is 69.3 Å². The first-order valence-electron chi connectivity index (χ1n) is 9.65. The smallest absolute Gasteiger partial charge is 0.321 e. The Balaban J connectivity index is 1.72. The lowest BCUT2D eigenvalue weighted by atomic mass is 10.2. The van der Waals surface area contributed by atoms with E-state index in [2.05, 4.69) is 25.1 Å². The molecule has 0 saturated carbocycles. The summed E-state index contributed by atoms with van der Waals surface area (Å²) in [6, 6.07) is 5.75. The number of carbonyl (C=O) groups is 1. The first-order chi connectivity index (χ1) is 16.0. The number of aryl methyl sites for hydroxylation is 1. The maximum Gasteiger partial charge on any atom is 0.321 e. The molecule has 0 aliphatic heterocycles. The lowest BCUT2D eigenvalue weighted by Gasteiger charge is -2.13. The fraction of sp³-hybridized carbons (Fsp3) is 0.263. The molecule has 0 radical (unpaired) electrons. The second-order valence-electron chi connectivity index (χ2n) is 6.91. The van der Waals surface area contributed by atoms with Gasteiger partial charge in [-0.3, -0.25) is 24.3 Å². The number of amides is 1. The van der Waals surface area contributed by atoms with Gasteiger partial charge in [0.2, 0.25) is 11.8 Å². The molecule has 2 N–H and O–H groups in total. The van der Waals surface area contributed by atoms with E-state index in [0.29, 0.717) is 5.69 Å². The summed E-state index contributed by atoms with van der Waals surface area (Å²) in [5.74, 6) is -0.445. The molecule has 0 fully saturated rings. The molecular formula is C19H21N7O7S. The minimum absolute atomic E-state index is 0.0569. The Morgan fingerprint density at radius 1 is 1.18 bits per heavy atom. The van der Waals surface area contributed by atoms with Crippen molar-refractivity contribution in [1.82, 2.24) is 19.7 Å². The van der Waals surface area contributed by atoms with Crippen molar-refractivity contribution in [2.75, 3.05) is 24.3 Å². The fourth-order valence-electron chi connectivity index (χ4n) is 2.78. The number of benzene rings is 1. The van der Waals surface area contributed by atoms with Crippen molar-refractivity contribution in [3.05, 3.63) is 52.3 Å². The molecule has 2 aromatic heterocycles. The third-order valence-electron chi connectivity index (χ3n) is 4.61. The predicted molar refractivity (Wildman–Crippen MR) is 119 cm³/mol. The van der Waals surface area contributed by atoms with Gasteiger partial charge in [-0.15, -0.1) is 0 Å². The number of sulfonamides is 1. The number of nitrogens with one attached hydrogen (secondary N) is 2. The third kappa shape index (κ3) is 5.37. The SMILES string of the molecule is COc1cc(NS(=O)(=O)c2ccc(NC(=O)C(C)n3cc([N+](=O)[O-])c(C)n3)cc2)nc(OC)n1. The zero-order chi connectivity index (χ0) is 25.0. The molecule has 1 aromatic carbocycles. The Morgan fingerprint density at radius 2 is 1.85 bits per heavy atom. The van der Waals surface area contributed by atoms with Crippen molar-refractivity contribution in [1.29, 1.82) is 0 Å². The van der Waals surface area contributed by atoms with Crippen LogP contribution in [0.25, 0.3) is 0 Å². The Labute approximate surface area is 194 Å². The number of anilines is 2. The van der Waals surface area contributed by atoms with Gasteiger partial charge in [-0.05, 0) is 38.1 Å². The number of ether oxygens (including phenoxy) is 2. The van der Waals surface area contributed by atoms with Crippen molar-refractivity contribution < 1.29 is 27.6 Å². The van der Waals surface area contributed by atoms with Crippen LogP contribution in [0.3, 0.4) is 0 Å². The number of carbonyl (C=O) groups excluding carboxylic acids is 1. The Morgan fingerprint density at radius 3 is 2.41 bits per heavy atom. The highest BCUT2D eigenvalue weighted by Crippen LogP contribution is 2.23. The molecule has 1 atom stereocenters. The first kappa shape index (κ1) is 24.4. The lowest BCUT2D eigenvalue weighted by molar-refractivity contribution is -0.385. The second-order valence-corrected chi connectivity index (χ2v) is 8.60. The van der Waals surface area contributed by atoms with E-state index in [-0.39, 0.29) is 34.0 Å². The minimum atomic E-state index is -4.02. The molecule has 0 saturated heterocycles. The van der Waals surface area contributed by atoms with Gasteiger partial charge in [-0.2, -0.15) is 15.1 Å². The van der Waals surface area contributed by atoms with Crippen LogP contribution >= 0.6 is 0 Å². The lowest BCUT2D eigenvalue weighted by Crippen LogP contribution is -2.24. The monoisotopic (exact) mass is 491 g/mol. The molecule has 14 nitrogen and oxygen atoms in total. The van der Waals surface area contributed by atoms with E-state index in [0.717, 1.165) is 0 Å². The van der Waals surface area contributed by atoms with Crippen LogP contribution in [-0.2, 0) is 14.8 Å². The number of methoxy groups -OCH3 is 2. The maximum atomic E-state index is 12.7. The highest BCUT2D eigenvalue weighted by Gasteiger charge is 2.23. The van der Waals surface area contributed by atoms with Gasteiger partial charge in [0.1, 0.15) is 17.9 Å². The zero-order valence-electron chi connectivity index (χ0n) is 18.5. The van der Waals surface area contributed by atoms with E-state index in [1.54, 1.807) is 0 Å². The molecule has 0 spiro atoms. The molecule has 34 heavy (non-hydrogen) atoms. The quantitative estimate of drug-likeness (QED) is 0.331. The highest BCUT2D eigenvalue weighted by molar-refractivity contribution is 7.92. The van der Waals surface area contributed by atoms with E-state index >= 15 is 0 Å². The molecule has 3 aromatic rings. The first-order valence-corrected chi connectivity index (χ1v) is 11.1. The van der Waals surface area contributed by atoms with Gasteiger partial charge in [0.25, 0.3) is 10.0 Å². The van der Waals surface area contributed by atoms with Gasteiger partial charge in [-0.1, -0.05) is 0 Å². The van der Waals surface area contributed by atoms with Crippen molar-refractivity contribution in [3.8, 4) is 11.9 Å². The summed E-state index contributed by atoms with van der Waals surface area (Å²) in [5, 5.41) is 17.6. The van der Waals surface area contributed by atoms with Crippen molar-refractivity contribution in [2.45, 2.75) is 24.8 Å². The summed E-state index contributed by atoms with van der Waals surface area (Å²) >= 11 is 0. The van der Waals surface area contributed by atoms with Crippen molar-refractivity contribution >= 4 is 33.1 Å². The summed E-state index contributed by atoms with van der Waals surface area (Å²) in [6.07, 6.45) is 1.18. The predicted octanol–water partition coefficient (Wildman–Crippen LogP) is 1.91. The Bertz CT molecular complexity index is 1300. The molecular weight excluding hydrogens is 470 g/mol. The molecule has 180 valence electrons. The topological polar surface area (TPSA) is 180 Å². The Hall–Kier alpha value is -4.27. The average molecular weight is 491 g/mol. The maximum absolute atomic E-state index is 12.7. The third-order valence-corrected chi connectivity index (χ3v) is 5.98. The van der Waals surface area contributed by atoms with Gasteiger partial charge in [-0.25, -0.2) is 8.42 Å². The molecule has 2 heterocycles. The number of nitrogens with zero attached hydrogens (tertiary/aromatic N) is 5. The van der Waals surface area contributed by atoms with Crippen LogP contribution in [-0.4, -0.2) is 53.2 Å². The standard InChI is InChI=1S/C19H21N7O7S/c1-11-15(26(28)29)10-25(23-11)12(2)18(27)20-13-5-7-14(8-6-13)34(30,31)24-16-9-17(32-3)22-19(21-16)33-4/h5-10,12H,1-4H3,(H,20,27)(H,21,22,24). The molecule has 0 aliphatic carbocycles. The van der Waals surface area contributed by atoms with Crippen LogP contribution < -0.4 is 19.5 Å². The summed E-state index contributed by atoms with van der Waals surface area (Å²) < 4.78 is 38.8. The van der Waals surface area contributed by atoms with Gasteiger partial charge >= 0.3 is 11.7 Å². The highest BCUT2D eigenvalue weighted by atomic mass is 32.2. The molecule has 15 heteroatoms. The number of rotatable bonds is 9. The van der Waals surface area contributed by atoms with Crippen LogP contribution in [0.2, 0.25) is 0 Å². The van der Waals surface area contributed by atoms with Crippen LogP contribution in [0.1, 0.15) is 18.7 Å². The summed E-state index contributed by atoms with van der Waals surface area (Å²) in [4.78, 5) is 30.7. The molecule has 1 amide bonds. The summed E-state index contributed by atoms with van der Waals surface area (Å²) in [6.45, 7) is 3.00. The molecule has 0 bridgehead atoms. The van der Waals surface area contributed by atoms with E-state index in [9.17, 15) is 23.3 Å². The van der Waals surface area contributed by atoms with Crippen LogP contribution in [0, 0.1) is 17.0 Å². The van der Waals surface area contributed by atoms with Gasteiger partial charge in [0.15, 0.2) is 5.82 Å². The number of hydrogen-bond acceptors (Lipinski definition) is 10. The van der Waals surface area contributed by atoms with E-state index < -0.39 is 26.9 Å². The second kappa shape index (κ2) is 9.70. The fourth-order valence-corrected chi connectivity index (χ4v) is 3.77. The average Bonchev–Trinajstić information content (AvgIpc) is 3.20. The largest absolute Gasteiger partial charge is 0.481 e. The number of aromatic nitrogens is 4. The minimum Gasteiger partial charge on any atom is -0.481 e. The Kier molecular flexibility index (Phi) is 6.95. The zero-order valence-corrected chi connectivity index (χ0v) is 19.4. The molecule has 3 rings (SSSR count). The van der Waals surface area contributed by atoms with Crippen LogP contribution in [0.15, 0.2) is 41.4 Å². The van der Waals surface area contributed by atoms with Crippen molar-refractivity contribution in [2.24, 2.45) is 0 Å². The van der Waals surface area contributed by atoms with E-state index in [4.69, 9.17) is 9.47 Å². The van der Waals surface area contributed by atoms with Gasteiger partial charge < -0.3 is 14.8 Å². The van der Waals surface area contributed by atoms with Crippen molar-refractivity contribution in [3.63, 3.8) is 0 Å². The molecule has 0 aliphatic rings. The summed E-state index contributed by atoms with van der Waals surface area (Å²) in [7, 11) is -1.33. The number of nitro groups is 1. The van der Waals surface area contributed by atoms with Gasteiger partial charge in [0.05, 0.1) is 24.0 Å². The number of hydrogen-bond donors (Lipinski definition) is 2. The van der Waals surface area contributed by atoms with Gasteiger partial charge in [0, 0.05) is 11.8 Å². The van der Waals surface area contributed by atoms with Crippen LogP contribution in [0.5, 0.6) is 11.9 Å². The van der Waals surface area contributed by atoms with Crippen LogP contribution in [0.4, 0.5) is 17.2 Å². The summed E-state index contributed by atoms with van der Waals surface area (Å²) in [5.41, 5.74) is 0.311. The molecule has 1 unspecified atom stereocenters. The van der Waals surface area contributed by atoms with E-state index in [1.807, 2.05) is 0 Å².